The lowest BCUT2D eigenvalue weighted by atomic mass is 10.1. The molecule has 0 aromatic heterocycles. The van der Waals surface area contributed by atoms with Crippen molar-refractivity contribution in [2.45, 2.75) is 6.04 Å². The standard InChI is InChI=1S/C16H19BrN2O2/c1-20-15-8-12(13(17)9-16(15)21-2)14(10-18)19-11-6-4-3-5-7-11/h3-9,14,19H,10,18H2,1-2H3. The maximum absolute atomic E-state index is 5.93. The molecule has 0 aliphatic carbocycles. The van der Waals surface area contributed by atoms with E-state index in [2.05, 4.69) is 21.2 Å². The highest BCUT2D eigenvalue weighted by Crippen LogP contribution is 2.36. The third-order valence-corrected chi connectivity index (χ3v) is 3.92. The molecule has 0 spiro atoms. The van der Waals surface area contributed by atoms with Gasteiger partial charge >= 0.3 is 0 Å². The first-order valence-electron chi connectivity index (χ1n) is 6.62. The molecule has 2 rings (SSSR count). The molecule has 0 saturated carbocycles. The molecule has 1 unspecified atom stereocenters. The summed E-state index contributed by atoms with van der Waals surface area (Å²) in [5, 5.41) is 3.42. The molecule has 21 heavy (non-hydrogen) atoms. The van der Waals surface area contributed by atoms with Crippen LogP contribution < -0.4 is 20.5 Å². The lowest BCUT2D eigenvalue weighted by Gasteiger charge is -2.21. The Hall–Kier alpha value is -1.72. The van der Waals surface area contributed by atoms with Gasteiger partial charge in [0, 0.05) is 16.7 Å². The summed E-state index contributed by atoms with van der Waals surface area (Å²) in [5.74, 6) is 1.37. The van der Waals surface area contributed by atoms with Gasteiger partial charge in [0.2, 0.25) is 0 Å². The second kappa shape index (κ2) is 7.33. The lowest BCUT2D eigenvalue weighted by Crippen LogP contribution is -2.21. The van der Waals surface area contributed by atoms with Crippen LogP contribution in [0.4, 0.5) is 5.69 Å². The maximum atomic E-state index is 5.93. The number of para-hydroxylation sites is 1. The van der Waals surface area contributed by atoms with Crippen LogP contribution in [-0.4, -0.2) is 20.8 Å². The van der Waals surface area contributed by atoms with Crippen LogP contribution in [0.5, 0.6) is 11.5 Å². The Morgan fingerprint density at radius 1 is 1.10 bits per heavy atom. The molecule has 2 aromatic rings. The maximum Gasteiger partial charge on any atom is 0.161 e. The third kappa shape index (κ3) is 3.68. The number of benzene rings is 2. The van der Waals surface area contributed by atoms with E-state index in [1.165, 1.54) is 0 Å². The van der Waals surface area contributed by atoms with Gasteiger partial charge in [0.1, 0.15) is 0 Å². The Morgan fingerprint density at radius 2 is 1.71 bits per heavy atom. The monoisotopic (exact) mass is 350 g/mol. The predicted molar refractivity (Wildman–Crippen MR) is 89.1 cm³/mol. The molecule has 0 fully saturated rings. The molecule has 0 amide bonds. The summed E-state index contributed by atoms with van der Waals surface area (Å²) in [4.78, 5) is 0. The van der Waals surface area contributed by atoms with Crippen molar-refractivity contribution in [3.63, 3.8) is 0 Å². The lowest BCUT2D eigenvalue weighted by molar-refractivity contribution is 0.354. The van der Waals surface area contributed by atoms with E-state index < -0.39 is 0 Å². The van der Waals surface area contributed by atoms with Crippen LogP contribution in [0.1, 0.15) is 11.6 Å². The molecule has 0 saturated heterocycles. The average molecular weight is 351 g/mol. The molecule has 0 aliphatic rings. The van der Waals surface area contributed by atoms with Crippen LogP contribution in [0.15, 0.2) is 46.9 Å². The summed E-state index contributed by atoms with van der Waals surface area (Å²) in [5.41, 5.74) is 7.98. The van der Waals surface area contributed by atoms with Crippen molar-refractivity contribution >= 4 is 21.6 Å². The van der Waals surface area contributed by atoms with Crippen LogP contribution in [-0.2, 0) is 0 Å². The Bertz CT molecular complexity index is 590. The SMILES string of the molecule is COc1cc(Br)c(C(CN)Nc2ccccc2)cc1OC. The van der Waals surface area contributed by atoms with Gasteiger partial charge in [-0.05, 0) is 29.8 Å². The third-order valence-electron chi connectivity index (χ3n) is 3.23. The van der Waals surface area contributed by atoms with E-state index in [1.807, 2.05) is 42.5 Å². The number of nitrogens with two attached hydrogens (primary N) is 1. The van der Waals surface area contributed by atoms with Gasteiger partial charge in [-0.15, -0.1) is 0 Å². The van der Waals surface area contributed by atoms with Crippen molar-refractivity contribution in [1.29, 1.82) is 0 Å². The first-order chi connectivity index (χ1) is 10.2. The largest absolute Gasteiger partial charge is 0.493 e. The molecule has 3 N–H and O–H groups in total. The zero-order chi connectivity index (χ0) is 15.2. The Kier molecular flexibility index (Phi) is 5.47. The van der Waals surface area contributed by atoms with Crippen LogP contribution >= 0.6 is 15.9 Å². The van der Waals surface area contributed by atoms with Crippen molar-refractivity contribution in [2.24, 2.45) is 5.73 Å². The van der Waals surface area contributed by atoms with Gasteiger partial charge in [0.05, 0.1) is 20.3 Å². The Balaban J connectivity index is 2.33. The van der Waals surface area contributed by atoms with Crippen molar-refractivity contribution in [3.05, 3.63) is 52.5 Å². The topological polar surface area (TPSA) is 56.5 Å². The number of hydrogen-bond acceptors (Lipinski definition) is 4. The summed E-state index contributed by atoms with van der Waals surface area (Å²) >= 11 is 3.57. The van der Waals surface area contributed by atoms with E-state index in [4.69, 9.17) is 15.2 Å². The predicted octanol–water partition coefficient (Wildman–Crippen LogP) is 3.58. The van der Waals surface area contributed by atoms with Crippen molar-refractivity contribution in [2.75, 3.05) is 26.1 Å². The zero-order valence-electron chi connectivity index (χ0n) is 12.1. The number of rotatable bonds is 6. The number of ether oxygens (including phenoxy) is 2. The van der Waals surface area contributed by atoms with Crippen LogP contribution in [0.25, 0.3) is 0 Å². The number of nitrogens with one attached hydrogen (secondary N) is 1. The fraction of sp³-hybridized carbons (Fsp3) is 0.250. The van der Waals surface area contributed by atoms with Gasteiger partial charge in [-0.3, -0.25) is 0 Å². The highest BCUT2D eigenvalue weighted by molar-refractivity contribution is 9.10. The van der Waals surface area contributed by atoms with Gasteiger partial charge in [-0.1, -0.05) is 34.1 Å². The minimum Gasteiger partial charge on any atom is -0.493 e. The normalized spacial score (nSPS) is 11.8. The van der Waals surface area contributed by atoms with Crippen LogP contribution in [0.2, 0.25) is 0 Å². The Labute approximate surface area is 133 Å². The molecule has 0 heterocycles. The van der Waals surface area contributed by atoms with E-state index >= 15 is 0 Å². The van der Waals surface area contributed by atoms with E-state index in [1.54, 1.807) is 14.2 Å². The van der Waals surface area contributed by atoms with Crippen LogP contribution in [0, 0.1) is 0 Å². The molecular formula is C16H19BrN2O2. The van der Waals surface area contributed by atoms with E-state index in [0.717, 1.165) is 15.7 Å². The molecular weight excluding hydrogens is 332 g/mol. The van der Waals surface area contributed by atoms with Gasteiger partial charge < -0.3 is 20.5 Å². The molecule has 112 valence electrons. The smallest absolute Gasteiger partial charge is 0.161 e. The molecule has 5 heteroatoms. The number of methoxy groups -OCH3 is 2. The highest BCUT2D eigenvalue weighted by atomic mass is 79.9. The second-order valence-electron chi connectivity index (χ2n) is 4.53. The molecule has 1 atom stereocenters. The number of halogens is 1. The summed E-state index contributed by atoms with van der Waals surface area (Å²) < 4.78 is 11.6. The molecule has 0 aliphatic heterocycles. The number of anilines is 1. The first-order valence-corrected chi connectivity index (χ1v) is 7.42. The van der Waals surface area contributed by atoms with E-state index in [0.29, 0.717) is 18.0 Å². The van der Waals surface area contributed by atoms with Crippen LogP contribution in [0.3, 0.4) is 0 Å². The van der Waals surface area contributed by atoms with Gasteiger partial charge in [0.15, 0.2) is 11.5 Å². The quantitative estimate of drug-likeness (QED) is 0.835. The molecule has 0 radical (unpaired) electrons. The number of hydrogen-bond donors (Lipinski definition) is 2. The molecule has 4 nitrogen and oxygen atoms in total. The van der Waals surface area contributed by atoms with Gasteiger partial charge in [-0.25, -0.2) is 0 Å². The van der Waals surface area contributed by atoms with Crippen molar-refractivity contribution in [1.82, 2.24) is 0 Å². The van der Waals surface area contributed by atoms with Gasteiger partial charge in [0.25, 0.3) is 0 Å². The fourth-order valence-corrected chi connectivity index (χ4v) is 2.73. The first kappa shape index (κ1) is 15.7. The average Bonchev–Trinajstić information content (AvgIpc) is 2.53. The molecule has 0 bridgehead atoms. The second-order valence-corrected chi connectivity index (χ2v) is 5.38. The highest BCUT2D eigenvalue weighted by Gasteiger charge is 2.17. The minimum absolute atomic E-state index is 0.0263. The summed E-state index contributed by atoms with van der Waals surface area (Å²) in [7, 11) is 3.24. The van der Waals surface area contributed by atoms with Gasteiger partial charge in [-0.2, -0.15) is 0 Å². The summed E-state index contributed by atoms with van der Waals surface area (Å²) in [6, 6.07) is 13.8. The summed E-state index contributed by atoms with van der Waals surface area (Å²) in [6.07, 6.45) is 0. The molecule has 2 aromatic carbocycles. The Morgan fingerprint density at radius 3 is 2.29 bits per heavy atom. The minimum atomic E-state index is -0.0263. The van der Waals surface area contributed by atoms with Crippen molar-refractivity contribution in [3.8, 4) is 11.5 Å². The van der Waals surface area contributed by atoms with E-state index in [-0.39, 0.29) is 6.04 Å². The van der Waals surface area contributed by atoms with E-state index in [9.17, 15) is 0 Å². The fourth-order valence-electron chi connectivity index (χ4n) is 2.14. The summed E-state index contributed by atoms with van der Waals surface area (Å²) in [6.45, 7) is 0.461. The van der Waals surface area contributed by atoms with Crippen molar-refractivity contribution < 1.29 is 9.47 Å². The zero-order valence-corrected chi connectivity index (χ0v) is 13.7.